The van der Waals surface area contributed by atoms with Crippen LogP contribution < -0.4 is 15.9 Å². The maximum Gasteiger partial charge on any atom is 0.153 e. The van der Waals surface area contributed by atoms with Crippen LogP contribution in [0.1, 0.15) is 5.56 Å². The van der Waals surface area contributed by atoms with Crippen LogP contribution in [0.3, 0.4) is 0 Å². The van der Waals surface area contributed by atoms with Gasteiger partial charge in [0.05, 0.1) is 0 Å². The lowest BCUT2D eigenvalue weighted by Gasteiger charge is -2.17. The van der Waals surface area contributed by atoms with E-state index in [-0.39, 0.29) is 0 Å². The molecule has 1 heterocycles. The number of para-hydroxylation sites is 1. The summed E-state index contributed by atoms with van der Waals surface area (Å²) in [6.45, 7) is 0.816. The van der Waals surface area contributed by atoms with E-state index in [0.29, 0.717) is 0 Å². The Bertz CT molecular complexity index is 212. The SMILES string of the molecule is c1ccc2c(c1)CNNO2. The van der Waals surface area contributed by atoms with E-state index >= 15 is 0 Å². The zero-order chi connectivity index (χ0) is 6.81. The van der Waals surface area contributed by atoms with Crippen molar-refractivity contribution in [3.05, 3.63) is 29.8 Å². The first-order chi connectivity index (χ1) is 4.97. The van der Waals surface area contributed by atoms with Crippen LogP contribution in [0.5, 0.6) is 5.75 Å². The second-order valence-corrected chi connectivity index (χ2v) is 2.17. The number of fused-ring (bicyclic) bond motifs is 1. The predicted molar refractivity (Wildman–Crippen MR) is 37.0 cm³/mol. The number of hydrogen-bond acceptors (Lipinski definition) is 3. The average Bonchev–Trinajstić information content (AvgIpc) is 2.05. The van der Waals surface area contributed by atoms with Crippen molar-refractivity contribution in [1.82, 2.24) is 11.0 Å². The first kappa shape index (κ1) is 5.70. The van der Waals surface area contributed by atoms with Crippen molar-refractivity contribution in [2.45, 2.75) is 6.54 Å². The van der Waals surface area contributed by atoms with E-state index in [1.165, 1.54) is 5.56 Å². The normalized spacial score (nSPS) is 15.6. The number of hydrogen-bond donors (Lipinski definition) is 2. The number of nitrogens with one attached hydrogen (secondary N) is 2. The molecule has 3 heteroatoms. The molecule has 0 spiro atoms. The van der Waals surface area contributed by atoms with Crippen molar-refractivity contribution in [3.8, 4) is 5.75 Å². The highest BCUT2D eigenvalue weighted by Crippen LogP contribution is 2.17. The third-order valence-corrected chi connectivity index (χ3v) is 1.48. The van der Waals surface area contributed by atoms with Gasteiger partial charge in [0, 0.05) is 12.1 Å². The summed E-state index contributed by atoms with van der Waals surface area (Å²) < 4.78 is 0. The fourth-order valence-electron chi connectivity index (χ4n) is 0.972. The minimum Gasteiger partial charge on any atom is -0.394 e. The molecule has 0 aromatic heterocycles. The lowest BCUT2D eigenvalue weighted by Crippen LogP contribution is -2.38. The van der Waals surface area contributed by atoms with E-state index in [9.17, 15) is 0 Å². The Hall–Kier alpha value is -1.06. The van der Waals surface area contributed by atoms with Gasteiger partial charge < -0.3 is 4.84 Å². The van der Waals surface area contributed by atoms with Crippen molar-refractivity contribution >= 4 is 0 Å². The van der Waals surface area contributed by atoms with Crippen LogP contribution in [0.15, 0.2) is 24.3 Å². The van der Waals surface area contributed by atoms with Gasteiger partial charge in [-0.2, -0.15) is 0 Å². The van der Waals surface area contributed by atoms with E-state index in [0.717, 1.165) is 12.3 Å². The third kappa shape index (κ3) is 0.853. The van der Waals surface area contributed by atoms with Crippen LogP contribution in [0.4, 0.5) is 0 Å². The number of hydrazine groups is 1. The van der Waals surface area contributed by atoms with Gasteiger partial charge >= 0.3 is 0 Å². The molecule has 0 bridgehead atoms. The third-order valence-electron chi connectivity index (χ3n) is 1.48. The van der Waals surface area contributed by atoms with E-state index in [1.54, 1.807) is 0 Å². The summed E-state index contributed by atoms with van der Waals surface area (Å²) in [4.78, 5) is 5.06. The van der Waals surface area contributed by atoms with Crippen LogP contribution in [0.2, 0.25) is 0 Å². The zero-order valence-corrected chi connectivity index (χ0v) is 5.42. The number of rotatable bonds is 0. The highest BCUT2D eigenvalue weighted by Gasteiger charge is 2.06. The standard InChI is InChI=1S/C7H8N2O/c1-2-4-7-6(3-1)5-8-9-10-7/h1-4,8-9H,5H2. The predicted octanol–water partition coefficient (Wildman–Crippen LogP) is 0.588. The van der Waals surface area contributed by atoms with E-state index in [2.05, 4.69) is 11.0 Å². The Morgan fingerprint density at radius 2 is 2.20 bits per heavy atom. The molecule has 52 valence electrons. The summed E-state index contributed by atoms with van der Waals surface area (Å²) in [5.41, 5.74) is 6.64. The molecule has 0 saturated carbocycles. The smallest absolute Gasteiger partial charge is 0.153 e. The minimum atomic E-state index is 0.816. The van der Waals surface area contributed by atoms with E-state index < -0.39 is 0 Å². The quantitative estimate of drug-likeness (QED) is 0.547. The molecule has 3 nitrogen and oxygen atoms in total. The zero-order valence-electron chi connectivity index (χ0n) is 5.42. The molecule has 0 atom stereocenters. The summed E-state index contributed by atoms with van der Waals surface area (Å²) in [5.74, 6) is 0.904. The van der Waals surface area contributed by atoms with Gasteiger partial charge in [0.25, 0.3) is 0 Å². The summed E-state index contributed by atoms with van der Waals surface area (Å²) in [6.07, 6.45) is 0. The van der Waals surface area contributed by atoms with Crippen molar-refractivity contribution in [3.63, 3.8) is 0 Å². The molecule has 10 heavy (non-hydrogen) atoms. The monoisotopic (exact) mass is 136 g/mol. The average molecular weight is 136 g/mol. The summed E-state index contributed by atoms with van der Waals surface area (Å²) in [6, 6.07) is 7.91. The molecule has 1 aliphatic rings. The van der Waals surface area contributed by atoms with Gasteiger partial charge in [-0.3, -0.25) is 0 Å². The second kappa shape index (κ2) is 2.28. The molecular formula is C7H8N2O. The Morgan fingerprint density at radius 1 is 1.30 bits per heavy atom. The van der Waals surface area contributed by atoms with Gasteiger partial charge in [-0.25, -0.2) is 5.43 Å². The topological polar surface area (TPSA) is 33.3 Å². The van der Waals surface area contributed by atoms with Gasteiger partial charge in [0.1, 0.15) is 0 Å². The van der Waals surface area contributed by atoms with Gasteiger partial charge in [-0.15, -0.1) is 0 Å². The lowest BCUT2D eigenvalue weighted by molar-refractivity contribution is 0.126. The molecule has 1 aliphatic heterocycles. The largest absolute Gasteiger partial charge is 0.394 e. The molecule has 2 rings (SSSR count). The molecule has 0 unspecified atom stereocenters. The van der Waals surface area contributed by atoms with Gasteiger partial charge in [-0.05, 0) is 6.07 Å². The van der Waals surface area contributed by atoms with E-state index in [4.69, 9.17) is 4.84 Å². The molecular weight excluding hydrogens is 128 g/mol. The van der Waals surface area contributed by atoms with Gasteiger partial charge in [0.15, 0.2) is 5.75 Å². The van der Waals surface area contributed by atoms with Gasteiger partial charge in [-0.1, -0.05) is 23.8 Å². The highest BCUT2D eigenvalue weighted by atomic mass is 16.7. The summed E-state index contributed by atoms with van der Waals surface area (Å²) in [5, 5.41) is 0. The van der Waals surface area contributed by atoms with Crippen LogP contribution in [-0.2, 0) is 6.54 Å². The maximum atomic E-state index is 5.06. The number of benzene rings is 1. The Kier molecular flexibility index (Phi) is 1.30. The molecule has 0 radical (unpaired) electrons. The molecule has 1 aromatic rings. The minimum absolute atomic E-state index is 0.816. The Morgan fingerprint density at radius 3 is 3.10 bits per heavy atom. The van der Waals surface area contributed by atoms with Crippen LogP contribution in [0, 0.1) is 0 Å². The molecule has 0 amide bonds. The van der Waals surface area contributed by atoms with Crippen molar-refractivity contribution in [1.29, 1.82) is 0 Å². The van der Waals surface area contributed by atoms with Crippen molar-refractivity contribution < 1.29 is 4.84 Å². The van der Waals surface area contributed by atoms with Crippen LogP contribution in [0.25, 0.3) is 0 Å². The molecule has 1 aromatic carbocycles. The van der Waals surface area contributed by atoms with Crippen LogP contribution in [-0.4, -0.2) is 0 Å². The summed E-state index contributed by atoms with van der Waals surface area (Å²) in [7, 11) is 0. The molecule has 0 saturated heterocycles. The van der Waals surface area contributed by atoms with Crippen molar-refractivity contribution in [2.75, 3.05) is 0 Å². The van der Waals surface area contributed by atoms with E-state index in [1.807, 2.05) is 24.3 Å². The molecule has 2 N–H and O–H groups in total. The molecule has 0 aliphatic carbocycles. The fraction of sp³-hybridized carbons (Fsp3) is 0.143. The van der Waals surface area contributed by atoms with Gasteiger partial charge in [0.2, 0.25) is 0 Å². The maximum absolute atomic E-state index is 5.06. The second-order valence-electron chi connectivity index (χ2n) is 2.17. The molecule has 0 fully saturated rings. The lowest BCUT2D eigenvalue weighted by atomic mass is 10.2. The first-order valence-corrected chi connectivity index (χ1v) is 3.19. The van der Waals surface area contributed by atoms with Crippen molar-refractivity contribution in [2.24, 2.45) is 0 Å². The van der Waals surface area contributed by atoms with Crippen LogP contribution >= 0.6 is 0 Å². The summed E-state index contributed by atoms with van der Waals surface area (Å²) >= 11 is 0. The first-order valence-electron chi connectivity index (χ1n) is 3.19. The fourth-order valence-corrected chi connectivity index (χ4v) is 0.972. The Labute approximate surface area is 58.9 Å². The Balaban J connectivity index is 2.41. The highest BCUT2D eigenvalue weighted by molar-refractivity contribution is 5.33.